The van der Waals surface area contributed by atoms with Crippen LogP contribution < -0.4 is 10.5 Å². The molecule has 0 bridgehead atoms. The van der Waals surface area contributed by atoms with Crippen LogP contribution in [0.4, 0.5) is 5.69 Å². The predicted octanol–water partition coefficient (Wildman–Crippen LogP) is 2.96. The average molecular weight is 296 g/mol. The molecule has 2 atom stereocenters. The normalized spacial score (nSPS) is 26.2. The number of anilines is 1. The minimum atomic E-state index is -3.61. The molecule has 1 aromatic carbocycles. The van der Waals surface area contributed by atoms with Gasteiger partial charge in [-0.3, -0.25) is 0 Å². The summed E-state index contributed by atoms with van der Waals surface area (Å²) in [7, 11) is -3.61. The third-order valence-corrected chi connectivity index (χ3v) is 4.87. The smallest absolute Gasteiger partial charge is 0.238 e. The largest absolute Gasteiger partial charge is 0.382 e. The number of hydrogen-bond donors (Lipinski definition) is 2. The van der Waals surface area contributed by atoms with Crippen LogP contribution in [0.1, 0.15) is 40.0 Å². The van der Waals surface area contributed by atoms with Gasteiger partial charge in [0.05, 0.1) is 4.90 Å². The Morgan fingerprint density at radius 2 is 1.80 bits per heavy atom. The van der Waals surface area contributed by atoms with Gasteiger partial charge in [-0.1, -0.05) is 20.8 Å². The van der Waals surface area contributed by atoms with E-state index in [9.17, 15) is 8.42 Å². The Bertz CT molecular complexity index is 564. The molecule has 0 spiro atoms. The second-order valence-electron chi connectivity index (χ2n) is 6.82. The highest BCUT2D eigenvalue weighted by Crippen LogP contribution is 2.39. The zero-order chi connectivity index (χ0) is 15.0. The summed E-state index contributed by atoms with van der Waals surface area (Å²) in [6, 6.07) is 7.11. The summed E-state index contributed by atoms with van der Waals surface area (Å²) in [4.78, 5) is 0.153. The molecule has 5 heteroatoms. The summed E-state index contributed by atoms with van der Waals surface area (Å²) >= 11 is 0. The first-order valence-electron chi connectivity index (χ1n) is 7.05. The molecule has 1 aliphatic rings. The van der Waals surface area contributed by atoms with E-state index in [1.54, 1.807) is 24.3 Å². The second-order valence-corrected chi connectivity index (χ2v) is 8.39. The van der Waals surface area contributed by atoms with Crippen LogP contribution in [0.25, 0.3) is 0 Å². The molecule has 1 saturated carbocycles. The number of primary sulfonamides is 1. The summed E-state index contributed by atoms with van der Waals surface area (Å²) in [5, 5.41) is 8.61. The number of nitrogens with one attached hydrogen (secondary N) is 1. The van der Waals surface area contributed by atoms with Gasteiger partial charge in [-0.25, -0.2) is 13.6 Å². The summed E-state index contributed by atoms with van der Waals surface area (Å²) < 4.78 is 22.4. The van der Waals surface area contributed by atoms with Gasteiger partial charge in [-0.2, -0.15) is 0 Å². The Morgan fingerprint density at radius 1 is 1.20 bits per heavy atom. The molecule has 1 fully saturated rings. The molecular formula is C15H24N2O2S. The van der Waals surface area contributed by atoms with Gasteiger partial charge in [0.1, 0.15) is 0 Å². The van der Waals surface area contributed by atoms with Crippen molar-refractivity contribution < 1.29 is 8.42 Å². The number of rotatable bonds is 3. The molecule has 0 heterocycles. The minimum absolute atomic E-state index is 0.153. The molecule has 2 unspecified atom stereocenters. The lowest BCUT2D eigenvalue weighted by Crippen LogP contribution is -2.35. The topological polar surface area (TPSA) is 72.2 Å². The molecular weight excluding hydrogens is 272 g/mol. The highest BCUT2D eigenvalue weighted by atomic mass is 32.2. The van der Waals surface area contributed by atoms with Crippen LogP contribution in [-0.4, -0.2) is 14.5 Å². The Morgan fingerprint density at radius 3 is 2.30 bits per heavy atom. The molecule has 2 rings (SSSR count). The quantitative estimate of drug-likeness (QED) is 0.900. The highest BCUT2D eigenvalue weighted by Gasteiger charge is 2.31. The fraction of sp³-hybridized carbons (Fsp3) is 0.600. The average Bonchev–Trinajstić information content (AvgIpc) is 2.25. The second kappa shape index (κ2) is 5.37. The van der Waals surface area contributed by atoms with Crippen molar-refractivity contribution in [3.63, 3.8) is 0 Å². The molecule has 0 aromatic heterocycles. The molecule has 3 N–H and O–H groups in total. The number of benzene rings is 1. The zero-order valence-corrected chi connectivity index (χ0v) is 13.2. The van der Waals surface area contributed by atoms with Crippen molar-refractivity contribution in [2.75, 3.05) is 5.32 Å². The molecule has 0 saturated heterocycles. The van der Waals surface area contributed by atoms with E-state index >= 15 is 0 Å². The van der Waals surface area contributed by atoms with Crippen LogP contribution in [0.3, 0.4) is 0 Å². The first-order chi connectivity index (χ1) is 9.16. The SMILES string of the molecule is CC1CC(Nc2ccc(S(N)(=O)=O)cc2)CC(C)(C)C1. The standard InChI is InChI=1S/C15H24N2O2S/c1-11-8-13(10-15(2,3)9-11)17-12-4-6-14(7-5-12)20(16,18)19/h4-7,11,13,17H,8-10H2,1-3H3,(H2,16,18,19). The maximum atomic E-state index is 11.2. The van der Waals surface area contributed by atoms with Gasteiger partial charge in [-0.15, -0.1) is 0 Å². The van der Waals surface area contributed by atoms with E-state index in [2.05, 4.69) is 26.1 Å². The number of sulfonamides is 1. The van der Waals surface area contributed by atoms with Gasteiger partial charge in [0.25, 0.3) is 0 Å². The van der Waals surface area contributed by atoms with Crippen molar-refractivity contribution in [3.05, 3.63) is 24.3 Å². The van der Waals surface area contributed by atoms with Gasteiger partial charge in [-0.05, 0) is 54.9 Å². The van der Waals surface area contributed by atoms with Crippen LogP contribution in [-0.2, 0) is 10.0 Å². The lowest BCUT2D eigenvalue weighted by Gasteiger charge is -2.39. The van der Waals surface area contributed by atoms with Crippen LogP contribution in [0, 0.1) is 11.3 Å². The van der Waals surface area contributed by atoms with Crippen molar-refractivity contribution in [2.24, 2.45) is 16.5 Å². The summed E-state index contributed by atoms with van der Waals surface area (Å²) in [6.45, 7) is 6.91. The molecule has 0 aliphatic heterocycles. The van der Waals surface area contributed by atoms with Gasteiger partial charge in [0.2, 0.25) is 10.0 Å². The molecule has 0 amide bonds. The van der Waals surface area contributed by atoms with Crippen molar-refractivity contribution in [2.45, 2.75) is 51.0 Å². The Balaban J connectivity index is 2.07. The Hall–Kier alpha value is -1.07. The lowest BCUT2D eigenvalue weighted by molar-refractivity contribution is 0.178. The maximum Gasteiger partial charge on any atom is 0.238 e. The van der Waals surface area contributed by atoms with Crippen LogP contribution in [0.5, 0.6) is 0 Å². The van der Waals surface area contributed by atoms with Gasteiger partial charge in [0.15, 0.2) is 0 Å². The first kappa shape index (κ1) is 15.3. The fourth-order valence-corrected chi connectivity index (χ4v) is 3.95. The van der Waals surface area contributed by atoms with Crippen molar-refractivity contribution in [3.8, 4) is 0 Å². The molecule has 0 radical (unpaired) electrons. The summed E-state index contributed by atoms with van der Waals surface area (Å²) in [6.07, 6.45) is 3.55. The molecule has 20 heavy (non-hydrogen) atoms. The summed E-state index contributed by atoms with van der Waals surface area (Å²) in [5.74, 6) is 0.708. The van der Waals surface area contributed by atoms with E-state index in [4.69, 9.17) is 5.14 Å². The van der Waals surface area contributed by atoms with Crippen LogP contribution in [0.2, 0.25) is 0 Å². The van der Waals surface area contributed by atoms with Crippen molar-refractivity contribution in [1.82, 2.24) is 0 Å². The monoisotopic (exact) mass is 296 g/mol. The predicted molar refractivity (Wildman–Crippen MR) is 82.0 cm³/mol. The number of nitrogens with two attached hydrogens (primary N) is 1. The Labute approximate surface area is 121 Å². The van der Waals surface area contributed by atoms with E-state index in [0.717, 1.165) is 18.5 Å². The van der Waals surface area contributed by atoms with Gasteiger partial charge < -0.3 is 5.32 Å². The van der Waals surface area contributed by atoms with Crippen LogP contribution >= 0.6 is 0 Å². The molecule has 112 valence electrons. The Kier molecular flexibility index (Phi) is 4.12. The van der Waals surface area contributed by atoms with E-state index < -0.39 is 10.0 Å². The van der Waals surface area contributed by atoms with Gasteiger partial charge in [0, 0.05) is 11.7 Å². The molecule has 1 aromatic rings. The van der Waals surface area contributed by atoms with Crippen LogP contribution in [0.15, 0.2) is 29.2 Å². The fourth-order valence-electron chi connectivity index (χ4n) is 3.43. The van der Waals surface area contributed by atoms with Gasteiger partial charge >= 0.3 is 0 Å². The number of hydrogen-bond acceptors (Lipinski definition) is 3. The highest BCUT2D eigenvalue weighted by molar-refractivity contribution is 7.89. The first-order valence-corrected chi connectivity index (χ1v) is 8.60. The molecule has 4 nitrogen and oxygen atoms in total. The zero-order valence-electron chi connectivity index (χ0n) is 12.4. The van der Waals surface area contributed by atoms with E-state index in [1.165, 1.54) is 6.42 Å². The molecule has 1 aliphatic carbocycles. The third kappa shape index (κ3) is 3.96. The lowest BCUT2D eigenvalue weighted by atomic mass is 9.70. The van der Waals surface area contributed by atoms with E-state index in [-0.39, 0.29) is 4.90 Å². The summed E-state index contributed by atoms with van der Waals surface area (Å²) in [5.41, 5.74) is 1.31. The van der Waals surface area contributed by atoms with Crippen molar-refractivity contribution >= 4 is 15.7 Å². The minimum Gasteiger partial charge on any atom is -0.382 e. The third-order valence-electron chi connectivity index (χ3n) is 3.94. The maximum absolute atomic E-state index is 11.2. The van der Waals surface area contributed by atoms with Crippen molar-refractivity contribution in [1.29, 1.82) is 0 Å². The van der Waals surface area contributed by atoms with E-state index in [0.29, 0.717) is 17.4 Å². The van der Waals surface area contributed by atoms with E-state index in [1.807, 2.05) is 0 Å².